The summed E-state index contributed by atoms with van der Waals surface area (Å²) < 4.78 is 0. The molecule has 1 saturated heterocycles. The predicted molar refractivity (Wildman–Crippen MR) is 71.7 cm³/mol. The van der Waals surface area contributed by atoms with Gasteiger partial charge in [0.05, 0.1) is 0 Å². The van der Waals surface area contributed by atoms with Crippen LogP contribution in [-0.4, -0.2) is 47.7 Å². The average Bonchev–Trinajstić information content (AvgIpc) is 2.84. The predicted octanol–water partition coefficient (Wildman–Crippen LogP) is 1.70. The maximum atomic E-state index is 11.4. The number of likely N-dealkylation sites (tertiary alicyclic amines) is 1. The molecule has 1 aliphatic heterocycles. The van der Waals surface area contributed by atoms with Gasteiger partial charge in [0.25, 0.3) is 0 Å². The molecule has 18 heavy (non-hydrogen) atoms. The quantitative estimate of drug-likeness (QED) is 0.802. The molecule has 1 heterocycles. The summed E-state index contributed by atoms with van der Waals surface area (Å²) in [5.41, 5.74) is -0.677. The Labute approximate surface area is 110 Å². The van der Waals surface area contributed by atoms with Crippen molar-refractivity contribution in [1.29, 1.82) is 0 Å². The maximum absolute atomic E-state index is 11.4. The molecule has 0 bridgehead atoms. The highest BCUT2D eigenvalue weighted by molar-refractivity contribution is 5.79. The number of carbonyl (C=O) groups is 1. The van der Waals surface area contributed by atoms with Gasteiger partial charge in [0.2, 0.25) is 0 Å². The third kappa shape index (κ3) is 2.54. The van der Waals surface area contributed by atoms with Crippen molar-refractivity contribution in [2.75, 3.05) is 20.1 Å². The summed E-state index contributed by atoms with van der Waals surface area (Å²) in [6.07, 6.45) is 6.40. The summed E-state index contributed by atoms with van der Waals surface area (Å²) in [6.45, 7) is 4.58. The van der Waals surface area contributed by atoms with E-state index >= 15 is 0 Å². The maximum Gasteiger partial charge on any atom is 0.323 e. The fraction of sp³-hybridized carbons (Fsp3) is 0.929. The van der Waals surface area contributed by atoms with Crippen LogP contribution in [0.5, 0.6) is 0 Å². The van der Waals surface area contributed by atoms with Gasteiger partial charge in [-0.3, -0.25) is 4.79 Å². The Morgan fingerprint density at radius 1 is 1.50 bits per heavy atom. The molecular formula is C14H26N2O2. The molecule has 0 aromatic heterocycles. The zero-order valence-corrected chi connectivity index (χ0v) is 11.6. The minimum atomic E-state index is -0.684. The molecule has 3 atom stereocenters. The summed E-state index contributed by atoms with van der Waals surface area (Å²) in [6, 6.07) is 0.461. The van der Waals surface area contributed by atoms with E-state index in [1.165, 1.54) is 25.8 Å². The molecule has 3 unspecified atom stereocenters. The van der Waals surface area contributed by atoms with Crippen molar-refractivity contribution in [3.05, 3.63) is 0 Å². The summed E-state index contributed by atoms with van der Waals surface area (Å²) >= 11 is 0. The monoisotopic (exact) mass is 254 g/mol. The SMILES string of the molecule is CCC1CCCN(C2CCC(NC)(C(=O)O)C2)C1. The number of aliphatic carboxylic acids is 1. The van der Waals surface area contributed by atoms with Gasteiger partial charge in [-0.25, -0.2) is 0 Å². The molecule has 0 aromatic carbocycles. The number of carboxylic acids is 1. The van der Waals surface area contributed by atoms with Crippen LogP contribution in [-0.2, 0) is 4.79 Å². The van der Waals surface area contributed by atoms with Crippen molar-refractivity contribution in [3.63, 3.8) is 0 Å². The van der Waals surface area contributed by atoms with Gasteiger partial charge in [-0.1, -0.05) is 13.3 Å². The number of carboxylic acid groups (broad SMARTS) is 1. The van der Waals surface area contributed by atoms with E-state index < -0.39 is 11.5 Å². The fourth-order valence-corrected chi connectivity index (χ4v) is 3.62. The van der Waals surface area contributed by atoms with Crippen molar-refractivity contribution in [1.82, 2.24) is 10.2 Å². The molecule has 1 saturated carbocycles. The normalized spacial score (nSPS) is 37.9. The van der Waals surface area contributed by atoms with Crippen molar-refractivity contribution in [2.24, 2.45) is 5.92 Å². The van der Waals surface area contributed by atoms with Gasteiger partial charge in [0, 0.05) is 12.6 Å². The lowest BCUT2D eigenvalue weighted by Crippen LogP contribution is -2.50. The number of nitrogens with zero attached hydrogens (tertiary/aromatic N) is 1. The van der Waals surface area contributed by atoms with E-state index in [1.807, 2.05) is 0 Å². The zero-order chi connectivity index (χ0) is 13.2. The van der Waals surface area contributed by atoms with E-state index in [0.717, 1.165) is 31.7 Å². The molecule has 4 nitrogen and oxygen atoms in total. The lowest BCUT2D eigenvalue weighted by molar-refractivity contribution is -0.144. The van der Waals surface area contributed by atoms with E-state index in [0.29, 0.717) is 6.04 Å². The number of rotatable bonds is 4. The molecule has 0 radical (unpaired) electrons. The zero-order valence-electron chi connectivity index (χ0n) is 11.6. The Kier molecular flexibility index (Phi) is 4.28. The molecule has 1 aliphatic carbocycles. The Balaban J connectivity index is 1.97. The number of hydrogen-bond acceptors (Lipinski definition) is 3. The molecule has 2 N–H and O–H groups in total. The molecule has 104 valence electrons. The van der Waals surface area contributed by atoms with Crippen LogP contribution in [0.4, 0.5) is 0 Å². The highest BCUT2D eigenvalue weighted by Gasteiger charge is 2.46. The average molecular weight is 254 g/mol. The Morgan fingerprint density at radius 3 is 2.83 bits per heavy atom. The van der Waals surface area contributed by atoms with Crippen molar-refractivity contribution >= 4 is 5.97 Å². The Morgan fingerprint density at radius 2 is 2.28 bits per heavy atom. The third-order valence-corrected chi connectivity index (χ3v) is 5.02. The lowest BCUT2D eigenvalue weighted by Gasteiger charge is -2.37. The number of likely N-dealkylation sites (N-methyl/N-ethyl adjacent to an activating group) is 1. The van der Waals surface area contributed by atoms with Crippen LogP contribution in [0.3, 0.4) is 0 Å². The third-order valence-electron chi connectivity index (χ3n) is 5.02. The molecular weight excluding hydrogens is 228 g/mol. The van der Waals surface area contributed by atoms with Crippen LogP contribution in [0.15, 0.2) is 0 Å². The van der Waals surface area contributed by atoms with E-state index in [1.54, 1.807) is 7.05 Å². The number of piperidine rings is 1. The summed E-state index contributed by atoms with van der Waals surface area (Å²) in [5, 5.41) is 12.4. The van der Waals surface area contributed by atoms with Crippen molar-refractivity contribution < 1.29 is 9.90 Å². The number of nitrogens with one attached hydrogen (secondary N) is 1. The van der Waals surface area contributed by atoms with E-state index in [9.17, 15) is 9.90 Å². The van der Waals surface area contributed by atoms with Crippen LogP contribution in [0.1, 0.15) is 45.4 Å². The highest BCUT2D eigenvalue weighted by Crippen LogP contribution is 2.35. The number of hydrogen-bond donors (Lipinski definition) is 2. The first-order valence-electron chi connectivity index (χ1n) is 7.27. The summed E-state index contributed by atoms with van der Waals surface area (Å²) in [5.74, 6) is 0.129. The van der Waals surface area contributed by atoms with Gasteiger partial charge in [0.15, 0.2) is 0 Å². The lowest BCUT2D eigenvalue weighted by atomic mass is 9.93. The van der Waals surface area contributed by atoms with Gasteiger partial charge in [-0.05, 0) is 51.6 Å². The second-order valence-corrected chi connectivity index (χ2v) is 5.95. The van der Waals surface area contributed by atoms with Crippen LogP contribution < -0.4 is 5.32 Å². The minimum absolute atomic E-state index is 0.461. The van der Waals surface area contributed by atoms with Crippen LogP contribution >= 0.6 is 0 Å². The largest absolute Gasteiger partial charge is 0.480 e. The Hall–Kier alpha value is -0.610. The standard InChI is InChI=1S/C14H26N2O2/c1-3-11-5-4-8-16(10-11)12-6-7-14(9-12,15-2)13(17)18/h11-12,15H,3-10H2,1-2H3,(H,17,18). The van der Waals surface area contributed by atoms with E-state index in [2.05, 4.69) is 17.1 Å². The van der Waals surface area contributed by atoms with Crippen molar-refractivity contribution in [2.45, 2.75) is 57.0 Å². The van der Waals surface area contributed by atoms with E-state index in [4.69, 9.17) is 0 Å². The highest BCUT2D eigenvalue weighted by atomic mass is 16.4. The Bertz CT molecular complexity index is 308. The van der Waals surface area contributed by atoms with Gasteiger partial charge in [0.1, 0.15) is 5.54 Å². The first kappa shape index (κ1) is 13.8. The molecule has 2 fully saturated rings. The van der Waals surface area contributed by atoms with Crippen LogP contribution in [0.25, 0.3) is 0 Å². The topological polar surface area (TPSA) is 52.6 Å². The molecule has 0 spiro atoms. The molecule has 0 amide bonds. The van der Waals surface area contributed by atoms with Crippen molar-refractivity contribution in [3.8, 4) is 0 Å². The van der Waals surface area contributed by atoms with Crippen LogP contribution in [0, 0.1) is 5.92 Å². The van der Waals surface area contributed by atoms with Gasteiger partial charge in [-0.2, -0.15) is 0 Å². The smallest absolute Gasteiger partial charge is 0.323 e. The first-order chi connectivity index (χ1) is 8.61. The summed E-state index contributed by atoms with van der Waals surface area (Å²) in [4.78, 5) is 14.0. The summed E-state index contributed by atoms with van der Waals surface area (Å²) in [7, 11) is 1.78. The fourth-order valence-electron chi connectivity index (χ4n) is 3.62. The molecule has 2 aliphatic rings. The second kappa shape index (κ2) is 5.57. The first-order valence-corrected chi connectivity index (χ1v) is 7.27. The molecule has 2 rings (SSSR count). The molecule has 0 aromatic rings. The van der Waals surface area contributed by atoms with Gasteiger partial charge >= 0.3 is 5.97 Å². The van der Waals surface area contributed by atoms with Gasteiger partial charge in [-0.15, -0.1) is 0 Å². The minimum Gasteiger partial charge on any atom is -0.480 e. The van der Waals surface area contributed by atoms with Crippen LogP contribution in [0.2, 0.25) is 0 Å². The second-order valence-electron chi connectivity index (χ2n) is 5.95. The van der Waals surface area contributed by atoms with Gasteiger partial charge < -0.3 is 15.3 Å². The van der Waals surface area contributed by atoms with E-state index in [-0.39, 0.29) is 0 Å². The molecule has 4 heteroatoms.